The van der Waals surface area contributed by atoms with Crippen LogP contribution in [0.25, 0.3) is 0 Å². The van der Waals surface area contributed by atoms with Gasteiger partial charge in [-0.15, -0.1) is 0 Å². The third kappa shape index (κ3) is 2.05. The van der Waals surface area contributed by atoms with Gasteiger partial charge in [0, 0.05) is 12.8 Å². The van der Waals surface area contributed by atoms with Crippen LogP contribution in [0, 0.1) is 0 Å². The second-order valence-corrected chi connectivity index (χ2v) is 2.37. The van der Waals surface area contributed by atoms with Crippen molar-refractivity contribution in [2.75, 3.05) is 7.11 Å². The van der Waals surface area contributed by atoms with Crippen molar-refractivity contribution in [2.24, 2.45) is 5.16 Å². The predicted octanol–water partition coefficient (Wildman–Crippen LogP) is 1.37. The highest BCUT2D eigenvalue weighted by molar-refractivity contribution is 6.03. The molecule has 12 heavy (non-hydrogen) atoms. The standard InChI is InChI=1S/C9H10NO2/c1-12-10-9-5-3-2-4-8(9)6-7-11/h2-4H,5-6H2,1H3. The van der Waals surface area contributed by atoms with E-state index in [9.17, 15) is 4.79 Å². The van der Waals surface area contributed by atoms with E-state index < -0.39 is 0 Å². The number of allylic oxidation sites excluding steroid dienone is 4. The van der Waals surface area contributed by atoms with Crippen molar-refractivity contribution in [1.29, 1.82) is 0 Å². The molecule has 0 heterocycles. The van der Waals surface area contributed by atoms with Crippen LogP contribution in [0.3, 0.4) is 0 Å². The Morgan fingerprint density at radius 2 is 2.58 bits per heavy atom. The van der Waals surface area contributed by atoms with E-state index in [1.54, 1.807) is 0 Å². The van der Waals surface area contributed by atoms with Gasteiger partial charge in [-0.3, -0.25) is 4.79 Å². The minimum atomic E-state index is 0.284. The van der Waals surface area contributed by atoms with Gasteiger partial charge in [0.1, 0.15) is 7.11 Å². The molecule has 0 aromatic rings. The maximum absolute atomic E-state index is 10.1. The fourth-order valence-corrected chi connectivity index (χ4v) is 1.04. The van der Waals surface area contributed by atoms with E-state index in [1.807, 2.05) is 24.5 Å². The molecular formula is C9H10NO2. The molecule has 63 valence electrons. The lowest BCUT2D eigenvalue weighted by Gasteiger charge is -2.07. The van der Waals surface area contributed by atoms with Gasteiger partial charge in [0.05, 0.1) is 5.71 Å². The van der Waals surface area contributed by atoms with E-state index in [1.165, 1.54) is 7.11 Å². The number of oxime groups is 1. The van der Waals surface area contributed by atoms with Crippen molar-refractivity contribution >= 4 is 12.0 Å². The molecule has 0 atom stereocenters. The maximum atomic E-state index is 10.1. The van der Waals surface area contributed by atoms with E-state index >= 15 is 0 Å². The Morgan fingerprint density at radius 1 is 1.75 bits per heavy atom. The van der Waals surface area contributed by atoms with Gasteiger partial charge in [-0.1, -0.05) is 23.4 Å². The summed E-state index contributed by atoms with van der Waals surface area (Å²) < 4.78 is 0. The van der Waals surface area contributed by atoms with E-state index in [-0.39, 0.29) is 6.42 Å². The second kappa shape index (κ2) is 4.49. The van der Waals surface area contributed by atoms with Crippen molar-refractivity contribution in [3.63, 3.8) is 0 Å². The van der Waals surface area contributed by atoms with Crippen LogP contribution in [0.15, 0.2) is 29.0 Å². The third-order valence-electron chi connectivity index (χ3n) is 1.58. The van der Waals surface area contributed by atoms with E-state index in [4.69, 9.17) is 0 Å². The van der Waals surface area contributed by atoms with Crippen LogP contribution in [-0.2, 0) is 9.63 Å². The number of rotatable bonds is 3. The second-order valence-electron chi connectivity index (χ2n) is 2.37. The Hall–Kier alpha value is -1.38. The quantitative estimate of drug-likeness (QED) is 0.591. The highest BCUT2D eigenvalue weighted by Crippen LogP contribution is 2.12. The summed E-state index contributed by atoms with van der Waals surface area (Å²) in [4.78, 5) is 14.8. The molecule has 0 saturated heterocycles. The molecule has 0 fully saturated rings. The third-order valence-corrected chi connectivity index (χ3v) is 1.58. The van der Waals surface area contributed by atoms with Crippen molar-refractivity contribution in [2.45, 2.75) is 12.8 Å². The summed E-state index contributed by atoms with van der Waals surface area (Å²) in [5.41, 5.74) is 1.69. The molecule has 3 heteroatoms. The van der Waals surface area contributed by atoms with Gasteiger partial charge in [-0.25, -0.2) is 0 Å². The molecule has 0 aliphatic heterocycles. The van der Waals surface area contributed by atoms with Crippen molar-refractivity contribution in [3.05, 3.63) is 23.8 Å². The van der Waals surface area contributed by atoms with Crippen LogP contribution >= 0.6 is 0 Å². The molecule has 0 bridgehead atoms. The molecule has 0 aromatic carbocycles. The van der Waals surface area contributed by atoms with Crippen molar-refractivity contribution in [1.82, 2.24) is 0 Å². The first-order valence-corrected chi connectivity index (χ1v) is 3.69. The van der Waals surface area contributed by atoms with E-state index in [2.05, 4.69) is 9.99 Å². The summed E-state index contributed by atoms with van der Waals surface area (Å²) >= 11 is 0. The van der Waals surface area contributed by atoms with Gasteiger partial charge < -0.3 is 4.84 Å². The van der Waals surface area contributed by atoms with Gasteiger partial charge in [-0.05, 0) is 5.57 Å². The maximum Gasteiger partial charge on any atom is 0.203 e. The Balaban J connectivity index is 2.76. The lowest BCUT2D eigenvalue weighted by atomic mass is 10.0. The summed E-state index contributed by atoms with van der Waals surface area (Å²) in [6.45, 7) is 0. The molecule has 1 rings (SSSR count). The molecule has 1 aliphatic carbocycles. The Morgan fingerprint density at radius 3 is 3.25 bits per heavy atom. The number of hydrogen-bond donors (Lipinski definition) is 0. The number of nitrogens with zero attached hydrogens (tertiary/aromatic N) is 1. The highest BCUT2D eigenvalue weighted by atomic mass is 16.6. The van der Waals surface area contributed by atoms with Crippen molar-refractivity contribution in [3.8, 4) is 0 Å². The van der Waals surface area contributed by atoms with Crippen LogP contribution in [0.4, 0.5) is 0 Å². The fourth-order valence-electron chi connectivity index (χ4n) is 1.04. The van der Waals surface area contributed by atoms with E-state index in [0.717, 1.165) is 17.7 Å². The van der Waals surface area contributed by atoms with Crippen LogP contribution in [-0.4, -0.2) is 19.1 Å². The molecule has 0 aromatic heterocycles. The Kier molecular flexibility index (Phi) is 3.26. The fraction of sp³-hybridized carbons (Fsp3) is 0.333. The Labute approximate surface area is 71.4 Å². The van der Waals surface area contributed by atoms with Gasteiger partial charge in [0.2, 0.25) is 6.29 Å². The lowest BCUT2D eigenvalue weighted by molar-refractivity contribution is 0.213. The summed E-state index contributed by atoms with van der Waals surface area (Å²) in [6.07, 6.45) is 8.57. The van der Waals surface area contributed by atoms with Crippen LogP contribution in [0.1, 0.15) is 12.8 Å². The van der Waals surface area contributed by atoms with Gasteiger partial charge in [0.25, 0.3) is 0 Å². The van der Waals surface area contributed by atoms with Crippen LogP contribution in [0.5, 0.6) is 0 Å². The number of carbonyl (C=O) groups excluding carboxylic acids is 1. The Bertz CT molecular complexity index is 251. The summed E-state index contributed by atoms with van der Waals surface area (Å²) in [5, 5.41) is 3.80. The first-order chi connectivity index (χ1) is 5.88. The molecule has 0 saturated carbocycles. The monoisotopic (exact) mass is 164 g/mol. The minimum Gasteiger partial charge on any atom is -0.399 e. The minimum absolute atomic E-state index is 0.284. The molecule has 0 amide bonds. The average Bonchev–Trinajstić information content (AvgIpc) is 2.09. The first-order valence-electron chi connectivity index (χ1n) is 3.69. The van der Waals surface area contributed by atoms with E-state index in [0.29, 0.717) is 0 Å². The average molecular weight is 164 g/mol. The van der Waals surface area contributed by atoms with Crippen LogP contribution in [0.2, 0.25) is 0 Å². The molecule has 0 N–H and O–H groups in total. The number of hydrogen-bond acceptors (Lipinski definition) is 3. The molecule has 0 spiro atoms. The molecular weight excluding hydrogens is 154 g/mol. The molecule has 1 radical (unpaired) electrons. The van der Waals surface area contributed by atoms with Gasteiger partial charge >= 0.3 is 0 Å². The predicted molar refractivity (Wildman–Crippen MR) is 46.6 cm³/mol. The first kappa shape index (κ1) is 8.71. The lowest BCUT2D eigenvalue weighted by Crippen LogP contribution is -2.05. The highest BCUT2D eigenvalue weighted by Gasteiger charge is 2.08. The molecule has 3 nitrogen and oxygen atoms in total. The summed E-state index contributed by atoms with van der Waals surface area (Å²) in [7, 11) is 1.49. The van der Waals surface area contributed by atoms with Gasteiger partial charge in [-0.2, -0.15) is 0 Å². The zero-order chi connectivity index (χ0) is 8.81. The smallest absolute Gasteiger partial charge is 0.203 e. The molecule has 0 unspecified atom stereocenters. The SMILES string of the molecule is CON=C1CC=CC=C1C[C]=O. The molecule has 1 aliphatic rings. The topological polar surface area (TPSA) is 38.7 Å². The summed E-state index contributed by atoms with van der Waals surface area (Å²) in [5.74, 6) is 0. The zero-order valence-electron chi connectivity index (χ0n) is 6.91. The largest absolute Gasteiger partial charge is 0.399 e. The summed E-state index contributed by atoms with van der Waals surface area (Å²) in [6, 6.07) is 0. The normalized spacial score (nSPS) is 19.1. The van der Waals surface area contributed by atoms with Crippen LogP contribution < -0.4 is 0 Å². The zero-order valence-corrected chi connectivity index (χ0v) is 6.91. The van der Waals surface area contributed by atoms with Gasteiger partial charge in [0.15, 0.2) is 0 Å². The van der Waals surface area contributed by atoms with Crippen molar-refractivity contribution < 1.29 is 9.63 Å².